The third kappa shape index (κ3) is 2.68. The Labute approximate surface area is 137 Å². The van der Waals surface area contributed by atoms with Crippen LogP contribution in [-0.4, -0.2) is 11.0 Å². The summed E-state index contributed by atoms with van der Waals surface area (Å²) in [6.07, 6.45) is 9.14. The van der Waals surface area contributed by atoms with Crippen LogP contribution < -0.4 is 5.32 Å². The Kier molecular flexibility index (Phi) is 3.91. The van der Waals surface area contributed by atoms with Gasteiger partial charge in [0.1, 0.15) is 0 Å². The third-order valence-electron chi connectivity index (χ3n) is 5.54. The summed E-state index contributed by atoms with van der Waals surface area (Å²) >= 11 is 6.20. The molecule has 22 heavy (non-hydrogen) atoms. The zero-order valence-corrected chi connectivity index (χ0v) is 14.0. The number of halogens is 1. The predicted octanol–water partition coefficient (Wildman–Crippen LogP) is 5.37. The van der Waals surface area contributed by atoms with Crippen LogP contribution in [0.5, 0.6) is 0 Å². The van der Waals surface area contributed by atoms with Crippen molar-refractivity contribution in [3.8, 4) is 0 Å². The van der Waals surface area contributed by atoms with Gasteiger partial charge in [0.05, 0.1) is 0 Å². The van der Waals surface area contributed by atoms with Crippen LogP contribution in [0, 0.1) is 5.92 Å². The van der Waals surface area contributed by atoms with Crippen molar-refractivity contribution in [3.63, 3.8) is 0 Å². The van der Waals surface area contributed by atoms with Crippen molar-refractivity contribution in [2.45, 2.75) is 64.0 Å². The molecule has 2 aliphatic carbocycles. The second kappa shape index (κ2) is 5.90. The number of nitrogens with one attached hydrogen (secondary N) is 2. The van der Waals surface area contributed by atoms with E-state index in [0.29, 0.717) is 12.1 Å². The molecule has 118 valence electrons. The number of hydrogen-bond donors (Lipinski definition) is 2. The second-order valence-electron chi connectivity index (χ2n) is 7.29. The summed E-state index contributed by atoms with van der Waals surface area (Å²) in [5.74, 6) is 0.871. The predicted molar refractivity (Wildman–Crippen MR) is 93.5 cm³/mol. The van der Waals surface area contributed by atoms with Crippen LogP contribution in [-0.2, 0) is 6.42 Å². The Morgan fingerprint density at radius 3 is 2.95 bits per heavy atom. The molecule has 0 radical (unpaired) electrons. The molecule has 3 heteroatoms. The first kappa shape index (κ1) is 14.6. The summed E-state index contributed by atoms with van der Waals surface area (Å²) in [5.41, 5.74) is 4.15. The molecule has 0 aliphatic heterocycles. The van der Waals surface area contributed by atoms with Gasteiger partial charge in [-0.3, -0.25) is 0 Å². The molecule has 2 nitrogen and oxygen atoms in total. The van der Waals surface area contributed by atoms with Gasteiger partial charge in [0.25, 0.3) is 0 Å². The Bertz CT molecular complexity index is 675. The molecule has 2 aliphatic rings. The van der Waals surface area contributed by atoms with Crippen LogP contribution in [0.15, 0.2) is 18.2 Å². The van der Waals surface area contributed by atoms with E-state index < -0.39 is 0 Å². The quantitative estimate of drug-likeness (QED) is 0.766. The molecule has 1 saturated carbocycles. The highest BCUT2D eigenvalue weighted by atomic mass is 35.5. The van der Waals surface area contributed by atoms with E-state index in [1.807, 2.05) is 6.07 Å². The average Bonchev–Trinajstić information content (AvgIpc) is 2.87. The van der Waals surface area contributed by atoms with Crippen molar-refractivity contribution in [2.24, 2.45) is 5.92 Å². The van der Waals surface area contributed by atoms with E-state index in [1.165, 1.54) is 67.1 Å². The van der Waals surface area contributed by atoms with Crippen LogP contribution in [0.25, 0.3) is 10.9 Å². The van der Waals surface area contributed by atoms with Gasteiger partial charge < -0.3 is 10.3 Å². The van der Waals surface area contributed by atoms with Crippen LogP contribution in [0.3, 0.4) is 0 Å². The first-order valence-electron chi connectivity index (χ1n) is 8.77. The highest BCUT2D eigenvalue weighted by Crippen LogP contribution is 2.37. The van der Waals surface area contributed by atoms with E-state index in [2.05, 4.69) is 29.4 Å². The lowest BCUT2D eigenvalue weighted by Crippen LogP contribution is -2.37. The van der Waals surface area contributed by atoms with Gasteiger partial charge in [-0.1, -0.05) is 31.4 Å². The van der Waals surface area contributed by atoms with E-state index in [1.54, 1.807) is 0 Å². The fourth-order valence-electron chi connectivity index (χ4n) is 4.47. The molecule has 1 fully saturated rings. The highest BCUT2D eigenvalue weighted by Gasteiger charge is 2.28. The molecule has 1 aromatic carbocycles. The number of aryl methyl sites for hydroxylation is 1. The number of H-pyrrole nitrogens is 1. The SMILES string of the molecule is CC1CCCC(NC2CCCc3c2[nH]c2ccc(Cl)cc32)C1. The van der Waals surface area contributed by atoms with E-state index in [4.69, 9.17) is 11.6 Å². The fourth-order valence-corrected chi connectivity index (χ4v) is 4.64. The van der Waals surface area contributed by atoms with E-state index in [-0.39, 0.29) is 0 Å². The second-order valence-corrected chi connectivity index (χ2v) is 7.72. The normalized spacial score (nSPS) is 28.7. The summed E-state index contributed by atoms with van der Waals surface area (Å²) in [4.78, 5) is 3.67. The van der Waals surface area contributed by atoms with E-state index in [9.17, 15) is 0 Å². The zero-order chi connectivity index (χ0) is 15.1. The lowest BCUT2D eigenvalue weighted by molar-refractivity contribution is 0.270. The standard InChI is InChI=1S/C19H25ClN2/c1-12-4-2-5-14(10-12)21-18-7-3-6-15-16-11-13(20)8-9-17(16)22-19(15)18/h8-9,11-12,14,18,21-22H,2-7,10H2,1H3. The highest BCUT2D eigenvalue weighted by molar-refractivity contribution is 6.31. The van der Waals surface area contributed by atoms with Crippen molar-refractivity contribution in [3.05, 3.63) is 34.5 Å². The van der Waals surface area contributed by atoms with Crippen LogP contribution in [0.2, 0.25) is 5.02 Å². The first-order valence-corrected chi connectivity index (χ1v) is 9.14. The lowest BCUT2D eigenvalue weighted by Gasteiger charge is -2.33. The van der Waals surface area contributed by atoms with Crippen molar-refractivity contribution < 1.29 is 0 Å². The van der Waals surface area contributed by atoms with Gasteiger partial charge in [0.15, 0.2) is 0 Å². The minimum Gasteiger partial charge on any atom is -0.357 e. The number of aromatic amines is 1. The molecule has 2 aromatic rings. The molecular formula is C19H25ClN2. The number of benzene rings is 1. The number of fused-ring (bicyclic) bond motifs is 3. The zero-order valence-electron chi connectivity index (χ0n) is 13.3. The van der Waals surface area contributed by atoms with Crippen molar-refractivity contribution in [1.82, 2.24) is 10.3 Å². The van der Waals surface area contributed by atoms with Crippen molar-refractivity contribution in [1.29, 1.82) is 0 Å². The first-order chi connectivity index (χ1) is 10.7. The molecule has 1 aromatic heterocycles. The van der Waals surface area contributed by atoms with E-state index in [0.717, 1.165) is 10.9 Å². The fraction of sp³-hybridized carbons (Fsp3) is 0.579. The van der Waals surface area contributed by atoms with Crippen LogP contribution >= 0.6 is 11.6 Å². The average molecular weight is 317 g/mol. The maximum atomic E-state index is 6.20. The lowest BCUT2D eigenvalue weighted by atomic mass is 9.85. The largest absolute Gasteiger partial charge is 0.357 e. The number of rotatable bonds is 2. The molecule has 0 bridgehead atoms. The number of hydrogen-bond acceptors (Lipinski definition) is 1. The smallest absolute Gasteiger partial charge is 0.0478 e. The summed E-state index contributed by atoms with van der Waals surface area (Å²) < 4.78 is 0. The van der Waals surface area contributed by atoms with Gasteiger partial charge in [0.2, 0.25) is 0 Å². The van der Waals surface area contributed by atoms with Gasteiger partial charge >= 0.3 is 0 Å². The van der Waals surface area contributed by atoms with Crippen LogP contribution in [0.1, 0.15) is 62.7 Å². The molecule has 3 unspecified atom stereocenters. The Morgan fingerprint density at radius 1 is 1.18 bits per heavy atom. The molecule has 0 amide bonds. The minimum absolute atomic E-state index is 0.491. The summed E-state index contributed by atoms with van der Waals surface area (Å²) in [6.45, 7) is 2.39. The Morgan fingerprint density at radius 2 is 2.09 bits per heavy atom. The topological polar surface area (TPSA) is 27.8 Å². The van der Waals surface area contributed by atoms with Crippen LogP contribution in [0.4, 0.5) is 0 Å². The Balaban J connectivity index is 1.63. The molecule has 1 heterocycles. The van der Waals surface area contributed by atoms with Gasteiger partial charge in [-0.25, -0.2) is 0 Å². The molecule has 4 rings (SSSR count). The summed E-state index contributed by atoms with van der Waals surface area (Å²) in [6, 6.07) is 7.41. The van der Waals surface area contributed by atoms with E-state index >= 15 is 0 Å². The minimum atomic E-state index is 0.491. The molecule has 3 atom stereocenters. The molecular weight excluding hydrogens is 292 g/mol. The maximum absolute atomic E-state index is 6.20. The Hall–Kier alpha value is -0.990. The number of aromatic nitrogens is 1. The van der Waals surface area contributed by atoms with Crippen molar-refractivity contribution in [2.75, 3.05) is 0 Å². The third-order valence-corrected chi connectivity index (χ3v) is 5.78. The summed E-state index contributed by atoms with van der Waals surface area (Å²) in [5, 5.41) is 6.12. The monoisotopic (exact) mass is 316 g/mol. The molecule has 0 spiro atoms. The van der Waals surface area contributed by atoms with Gasteiger partial charge in [-0.05, 0) is 61.8 Å². The van der Waals surface area contributed by atoms with Gasteiger partial charge in [-0.15, -0.1) is 0 Å². The molecule has 2 N–H and O–H groups in total. The van der Waals surface area contributed by atoms with Gasteiger partial charge in [0, 0.05) is 33.7 Å². The maximum Gasteiger partial charge on any atom is 0.0478 e. The summed E-state index contributed by atoms with van der Waals surface area (Å²) in [7, 11) is 0. The van der Waals surface area contributed by atoms with Crippen molar-refractivity contribution >= 4 is 22.5 Å². The molecule has 0 saturated heterocycles. The van der Waals surface area contributed by atoms with Gasteiger partial charge in [-0.2, -0.15) is 0 Å².